The minimum absolute atomic E-state index is 0.000146. The Bertz CT molecular complexity index is 2100. The lowest BCUT2D eigenvalue weighted by Crippen LogP contribution is -2.49. The molecule has 9 unspecified atom stereocenters. The first-order chi connectivity index (χ1) is 44.8. The van der Waals surface area contributed by atoms with Crippen LogP contribution >= 0.6 is 0 Å². The van der Waals surface area contributed by atoms with Crippen molar-refractivity contribution in [3.63, 3.8) is 0 Å². The number of hydrogen-bond acceptors (Lipinski definition) is 17. The summed E-state index contributed by atoms with van der Waals surface area (Å²) in [6.07, 6.45) is 20.1. The molecule has 3 heterocycles. The number of carbonyl (C=O) groups is 8. The number of carbonyl (C=O) groups excluding carboxylic acids is 8. The van der Waals surface area contributed by atoms with Crippen LogP contribution in [0, 0.1) is 16.2 Å². The number of ether oxygens (including phenoxy) is 6. The molecule has 5 N–H and O–H groups in total. The standard InChI is InChI=1S/C71H131N9O14/c1-13-16-19-28-37-69(7,8)61(81)89-52-58(49-77-46-55(77)4)92-66(86)74-42-33-24-22-31-40-72-64(84)80(45-36-27-26-35-44-76-68(88)94-60(51-79-48-57(79)6)54-91-63(83)71(11,12)39-30-21-18-15-3)65(85)73-41-32-23-25-34-43-75-67(87)93-59(50-78-47-56(78)5)53-90-62(82)70(9,10)38-29-20-17-14-2/h55-60H,13-54H2,1-12H3,(H,72,84)(H,73,85)(H,74,86)(H,75,87)(H,76,88). The first-order valence-electron chi connectivity index (χ1n) is 36.7. The molecule has 0 saturated carbocycles. The summed E-state index contributed by atoms with van der Waals surface area (Å²) in [6.45, 7) is 30.4. The molecule has 94 heavy (non-hydrogen) atoms. The van der Waals surface area contributed by atoms with Gasteiger partial charge in [-0.15, -0.1) is 0 Å². The van der Waals surface area contributed by atoms with Crippen LogP contribution in [0.2, 0.25) is 0 Å². The lowest BCUT2D eigenvalue weighted by molar-refractivity contribution is -0.158. The van der Waals surface area contributed by atoms with Crippen LogP contribution in [0.4, 0.5) is 24.0 Å². The number of esters is 3. The molecular formula is C71H131N9O14. The Kier molecular flexibility index (Phi) is 40.8. The lowest BCUT2D eigenvalue weighted by Gasteiger charge is -2.25. The summed E-state index contributed by atoms with van der Waals surface area (Å²) in [5.74, 6) is -0.854. The molecule has 544 valence electrons. The lowest BCUT2D eigenvalue weighted by atomic mass is 9.87. The van der Waals surface area contributed by atoms with Gasteiger partial charge in [-0.2, -0.15) is 0 Å². The number of hydrogen-bond donors (Lipinski definition) is 5. The summed E-state index contributed by atoms with van der Waals surface area (Å²) in [7, 11) is 0. The molecule has 23 heteroatoms. The molecule has 0 radical (unpaired) electrons. The summed E-state index contributed by atoms with van der Waals surface area (Å²) in [4.78, 5) is 113. The maximum absolute atomic E-state index is 13.6. The van der Waals surface area contributed by atoms with Crippen LogP contribution in [-0.2, 0) is 42.8 Å². The fourth-order valence-electron chi connectivity index (χ4n) is 11.2. The van der Waals surface area contributed by atoms with Crippen molar-refractivity contribution in [2.45, 2.75) is 293 Å². The van der Waals surface area contributed by atoms with E-state index in [1.807, 2.05) is 41.5 Å². The number of imide groups is 1. The summed E-state index contributed by atoms with van der Waals surface area (Å²) < 4.78 is 34.4. The van der Waals surface area contributed by atoms with Crippen molar-refractivity contribution >= 4 is 48.2 Å². The number of nitrogens with one attached hydrogen (secondary N) is 5. The van der Waals surface area contributed by atoms with E-state index in [2.05, 4.69) is 82.8 Å². The van der Waals surface area contributed by atoms with Crippen LogP contribution in [0.1, 0.15) is 256 Å². The summed E-state index contributed by atoms with van der Waals surface area (Å²) in [5, 5.41) is 14.4. The van der Waals surface area contributed by atoms with E-state index in [1.165, 1.54) is 4.90 Å². The number of alkyl carbamates (subject to hydrolysis) is 3. The van der Waals surface area contributed by atoms with Crippen LogP contribution in [0.15, 0.2) is 0 Å². The van der Waals surface area contributed by atoms with Gasteiger partial charge in [0, 0.05) is 96.7 Å². The molecule has 3 rings (SSSR count). The minimum atomic E-state index is -0.626. The normalized spacial score (nSPS) is 19.1. The predicted molar refractivity (Wildman–Crippen MR) is 367 cm³/mol. The third kappa shape index (κ3) is 37.4. The van der Waals surface area contributed by atoms with E-state index in [0.29, 0.717) is 115 Å². The number of unbranched alkanes of at least 4 members (excludes halogenated alkanes) is 18. The number of urea groups is 2. The Labute approximate surface area is 566 Å². The van der Waals surface area contributed by atoms with Crippen LogP contribution in [0.5, 0.6) is 0 Å². The van der Waals surface area contributed by atoms with E-state index in [9.17, 15) is 38.4 Å². The number of nitrogens with zero attached hydrogens (tertiary/aromatic N) is 4. The SMILES string of the molecule is CCCCCCC(C)(C)C(=O)OCC(CN1CC1C)OC(=O)NCCCCCCNC(=O)N(CCCCCCNC(=O)OC(COC(=O)C(C)(C)CCCCCC)CN1CC1C)C(=O)NCCCCCCNC(=O)OC(COC(=O)C(C)(C)CCCCCC)CN1CC1C. The fourth-order valence-corrected chi connectivity index (χ4v) is 11.2. The van der Waals surface area contributed by atoms with Gasteiger partial charge in [-0.1, -0.05) is 136 Å². The molecule has 0 aromatic rings. The Hall–Kier alpha value is -5.16. The van der Waals surface area contributed by atoms with Gasteiger partial charge in [0.25, 0.3) is 0 Å². The zero-order valence-electron chi connectivity index (χ0n) is 60.7. The molecule has 0 aromatic heterocycles. The smallest absolute Gasteiger partial charge is 0.407 e. The third-order valence-corrected chi connectivity index (χ3v) is 18.3. The highest BCUT2D eigenvalue weighted by molar-refractivity contribution is 5.93. The molecule has 3 fully saturated rings. The van der Waals surface area contributed by atoms with Gasteiger partial charge in [0.1, 0.15) is 19.8 Å². The average Bonchev–Trinajstić information content (AvgIpc) is 3.49. The van der Waals surface area contributed by atoms with E-state index in [4.69, 9.17) is 28.4 Å². The molecular weight excluding hydrogens is 1200 g/mol. The van der Waals surface area contributed by atoms with E-state index >= 15 is 0 Å². The molecule has 3 saturated heterocycles. The van der Waals surface area contributed by atoms with Crippen molar-refractivity contribution in [2.24, 2.45) is 16.2 Å². The zero-order chi connectivity index (χ0) is 69.4. The van der Waals surface area contributed by atoms with Crippen molar-refractivity contribution in [3.05, 3.63) is 0 Å². The Morgan fingerprint density at radius 3 is 0.872 bits per heavy atom. The maximum atomic E-state index is 13.6. The molecule has 0 aromatic carbocycles. The minimum Gasteiger partial charge on any atom is -0.461 e. The monoisotopic (exact) mass is 1330 g/mol. The average molecular weight is 1330 g/mol. The Balaban J connectivity index is 1.44. The van der Waals surface area contributed by atoms with Gasteiger partial charge >= 0.3 is 48.2 Å². The topological polar surface area (TPSA) is 264 Å². The number of amides is 7. The molecule has 7 amide bonds. The van der Waals surface area contributed by atoms with Gasteiger partial charge < -0.3 is 55.0 Å². The molecule has 3 aliphatic heterocycles. The van der Waals surface area contributed by atoms with Gasteiger partial charge in [0.2, 0.25) is 0 Å². The Morgan fingerprint density at radius 1 is 0.372 bits per heavy atom. The second kappa shape index (κ2) is 46.1. The molecule has 0 spiro atoms. The first-order valence-corrected chi connectivity index (χ1v) is 36.7. The second-order valence-corrected chi connectivity index (χ2v) is 29.0. The van der Waals surface area contributed by atoms with Crippen LogP contribution in [-0.4, -0.2) is 203 Å². The van der Waals surface area contributed by atoms with E-state index in [1.54, 1.807) is 0 Å². The predicted octanol–water partition coefficient (Wildman–Crippen LogP) is 12.4. The molecule has 9 atom stereocenters. The van der Waals surface area contributed by atoms with Crippen LogP contribution in [0.25, 0.3) is 0 Å². The molecule has 23 nitrogen and oxygen atoms in total. The maximum Gasteiger partial charge on any atom is 0.407 e. The zero-order valence-corrected chi connectivity index (χ0v) is 60.7. The molecule has 0 bridgehead atoms. The van der Waals surface area contributed by atoms with Crippen molar-refractivity contribution in [2.75, 3.05) is 98.4 Å². The van der Waals surface area contributed by atoms with E-state index in [-0.39, 0.29) is 44.3 Å². The Morgan fingerprint density at radius 2 is 0.617 bits per heavy atom. The quantitative estimate of drug-likeness (QED) is 0.0164. The van der Waals surface area contributed by atoms with Crippen molar-refractivity contribution in [1.29, 1.82) is 0 Å². The van der Waals surface area contributed by atoms with E-state index in [0.717, 1.165) is 148 Å². The van der Waals surface area contributed by atoms with Crippen LogP contribution < -0.4 is 26.6 Å². The second-order valence-electron chi connectivity index (χ2n) is 29.0. The van der Waals surface area contributed by atoms with Crippen molar-refractivity contribution in [3.8, 4) is 0 Å². The highest BCUT2D eigenvalue weighted by Crippen LogP contribution is 2.29. The summed E-state index contributed by atoms with van der Waals surface area (Å²) in [5.41, 5.74) is -1.86. The van der Waals surface area contributed by atoms with Gasteiger partial charge in [0.15, 0.2) is 18.3 Å². The first kappa shape index (κ1) is 83.1. The fraction of sp³-hybridized carbons (Fsp3) is 0.887. The van der Waals surface area contributed by atoms with Gasteiger partial charge in [-0.3, -0.25) is 29.1 Å². The highest BCUT2D eigenvalue weighted by atomic mass is 16.6. The summed E-state index contributed by atoms with van der Waals surface area (Å²) >= 11 is 0. The number of rotatable bonds is 54. The van der Waals surface area contributed by atoms with Crippen LogP contribution in [0.3, 0.4) is 0 Å². The molecule has 0 aliphatic carbocycles. The largest absolute Gasteiger partial charge is 0.461 e. The third-order valence-electron chi connectivity index (χ3n) is 18.3. The van der Waals surface area contributed by atoms with Crippen molar-refractivity contribution in [1.82, 2.24) is 46.2 Å². The van der Waals surface area contributed by atoms with Gasteiger partial charge in [0.05, 0.1) is 16.2 Å². The van der Waals surface area contributed by atoms with Gasteiger partial charge in [-0.05, 0) is 120 Å². The van der Waals surface area contributed by atoms with E-state index < -0.39 is 64.9 Å². The van der Waals surface area contributed by atoms with Gasteiger partial charge in [-0.25, -0.2) is 28.9 Å². The molecule has 3 aliphatic rings. The summed E-state index contributed by atoms with van der Waals surface area (Å²) in [6, 6.07) is 0.186. The highest BCUT2D eigenvalue weighted by Gasteiger charge is 2.38. The van der Waals surface area contributed by atoms with Crippen molar-refractivity contribution < 1.29 is 66.8 Å².